The fraction of sp³-hybridized carbons (Fsp3) is 0. The van der Waals surface area contributed by atoms with E-state index in [1.807, 2.05) is 24.3 Å². The first-order chi connectivity index (χ1) is 8.22. The summed E-state index contributed by atoms with van der Waals surface area (Å²) >= 11 is 4.97. The summed E-state index contributed by atoms with van der Waals surface area (Å²) in [4.78, 5) is 23.5. The monoisotopic (exact) mass is 244 g/mol. The molecule has 3 aromatic rings. The molecule has 17 heavy (non-hydrogen) atoms. The maximum Gasteiger partial charge on any atom is 0.323 e. The van der Waals surface area contributed by atoms with Crippen molar-refractivity contribution < 1.29 is 0 Å². The van der Waals surface area contributed by atoms with Crippen molar-refractivity contribution in [1.29, 1.82) is 0 Å². The van der Waals surface area contributed by atoms with Gasteiger partial charge in [0, 0.05) is 17.5 Å². The average molecular weight is 244 g/mol. The Bertz CT molecular complexity index is 799. The molecule has 0 radical (unpaired) electrons. The third kappa shape index (κ3) is 1.78. The molecule has 0 saturated heterocycles. The Labute approximate surface area is 101 Å². The van der Waals surface area contributed by atoms with Gasteiger partial charge in [0.15, 0.2) is 4.77 Å². The fourth-order valence-electron chi connectivity index (χ4n) is 1.74. The normalized spacial score (nSPS) is 10.8. The lowest BCUT2D eigenvalue weighted by molar-refractivity contribution is 1.14. The van der Waals surface area contributed by atoms with Crippen LogP contribution in [0.15, 0.2) is 35.3 Å². The third-order valence-electron chi connectivity index (χ3n) is 2.50. The molecule has 0 aliphatic heterocycles. The number of hydrogen-bond donors (Lipinski definition) is 3. The molecule has 0 saturated carbocycles. The van der Waals surface area contributed by atoms with Crippen LogP contribution in [0, 0.1) is 4.77 Å². The molecule has 1 aromatic carbocycles. The van der Waals surface area contributed by atoms with Gasteiger partial charge in [0.05, 0.1) is 11.0 Å². The molecule has 0 amide bonds. The summed E-state index contributed by atoms with van der Waals surface area (Å²) in [6.07, 6.45) is 1.65. The fourth-order valence-corrected chi connectivity index (χ4v) is 1.91. The molecule has 84 valence electrons. The van der Waals surface area contributed by atoms with Crippen LogP contribution < -0.4 is 5.69 Å². The zero-order valence-electron chi connectivity index (χ0n) is 8.65. The van der Waals surface area contributed by atoms with E-state index in [2.05, 4.69) is 19.9 Å². The Hall–Kier alpha value is -2.21. The number of imidazole rings is 1. The topological polar surface area (TPSA) is 77.3 Å². The highest BCUT2D eigenvalue weighted by molar-refractivity contribution is 7.71. The summed E-state index contributed by atoms with van der Waals surface area (Å²) in [5, 5.41) is 0. The second-order valence-corrected chi connectivity index (χ2v) is 4.01. The van der Waals surface area contributed by atoms with E-state index in [1.165, 1.54) is 0 Å². The molecule has 3 rings (SSSR count). The molecule has 0 atom stereocenters. The van der Waals surface area contributed by atoms with Crippen LogP contribution in [-0.4, -0.2) is 19.9 Å². The van der Waals surface area contributed by atoms with Crippen molar-refractivity contribution in [1.82, 2.24) is 19.9 Å². The summed E-state index contributed by atoms with van der Waals surface area (Å²) in [6.45, 7) is 0. The van der Waals surface area contributed by atoms with Crippen LogP contribution in [0.2, 0.25) is 0 Å². The van der Waals surface area contributed by atoms with Crippen molar-refractivity contribution in [3.63, 3.8) is 0 Å². The van der Waals surface area contributed by atoms with E-state index >= 15 is 0 Å². The molecule has 3 N–H and O–H groups in total. The molecule has 0 bridgehead atoms. The van der Waals surface area contributed by atoms with Gasteiger partial charge in [0.1, 0.15) is 0 Å². The minimum Gasteiger partial charge on any atom is -0.330 e. The van der Waals surface area contributed by atoms with Gasteiger partial charge in [-0.1, -0.05) is 6.07 Å². The largest absolute Gasteiger partial charge is 0.330 e. The Kier molecular flexibility index (Phi) is 2.15. The predicted molar refractivity (Wildman–Crippen MR) is 67.3 cm³/mol. The maximum absolute atomic E-state index is 11.1. The molecule has 2 aromatic heterocycles. The molecule has 0 unspecified atom stereocenters. The molecule has 0 aliphatic rings. The number of nitrogens with zero attached hydrogens (tertiary/aromatic N) is 1. The number of fused-ring (bicyclic) bond motifs is 1. The Morgan fingerprint density at radius 2 is 1.88 bits per heavy atom. The lowest BCUT2D eigenvalue weighted by atomic mass is 10.1. The molecule has 5 nitrogen and oxygen atoms in total. The second-order valence-electron chi connectivity index (χ2n) is 3.63. The van der Waals surface area contributed by atoms with Crippen LogP contribution in [0.25, 0.3) is 22.3 Å². The quantitative estimate of drug-likeness (QED) is 0.573. The zero-order valence-corrected chi connectivity index (χ0v) is 9.47. The SMILES string of the molecule is O=c1[nH]c2ccc(-c3ccnc(=S)[nH]3)cc2[nH]1. The lowest BCUT2D eigenvalue weighted by Gasteiger charge is -2.00. The number of nitrogens with one attached hydrogen (secondary N) is 3. The van der Waals surface area contributed by atoms with Crippen molar-refractivity contribution in [3.05, 3.63) is 45.7 Å². The number of aromatic amines is 3. The minimum atomic E-state index is -0.209. The molecule has 0 spiro atoms. The van der Waals surface area contributed by atoms with Crippen LogP contribution in [-0.2, 0) is 0 Å². The van der Waals surface area contributed by atoms with Crippen LogP contribution >= 0.6 is 12.2 Å². The summed E-state index contributed by atoms with van der Waals surface area (Å²) in [5.74, 6) is 0. The van der Waals surface area contributed by atoms with Gasteiger partial charge in [-0.05, 0) is 30.4 Å². The molecule has 2 heterocycles. The van der Waals surface area contributed by atoms with Gasteiger partial charge in [-0.2, -0.15) is 0 Å². The number of hydrogen-bond acceptors (Lipinski definition) is 3. The first-order valence-electron chi connectivity index (χ1n) is 5.00. The minimum absolute atomic E-state index is 0.209. The van der Waals surface area contributed by atoms with Crippen molar-refractivity contribution in [2.75, 3.05) is 0 Å². The zero-order chi connectivity index (χ0) is 11.8. The highest BCUT2D eigenvalue weighted by atomic mass is 32.1. The lowest BCUT2D eigenvalue weighted by Crippen LogP contribution is -1.99. The van der Waals surface area contributed by atoms with Gasteiger partial charge in [-0.3, -0.25) is 0 Å². The van der Waals surface area contributed by atoms with Crippen LogP contribution in [0.4, 0.5) is 0 Å². The Morgan fingerprint density at radius 1 is 1.06 bits per heavy atom. The van der Waals surface area contributed by atoms with Crippen molar-refractivity contribution in [2.24, 2.45) is 0 Å². The molecule has 0 fully saturated rings. The van der Waals surface area contributed by atoms with Gasteiger partial charge >= 0.3 is 5.69 Å². The van der Waals surface area contributed by atoms with E-state index in [0.717, 1.165) is 22.3 Å². The van der Waals surface area contributed by atoms with Crippen molar-refractivity contribution in [3.8, 4) is 11.3 Å². The van der Waals surface area contributed by atoms with E-state index in [1.54, 1.807) is 6.20 Å². The van der Waals surface area contributed by atoms with Crippen molar-refractivity contribution in [2.45, 2.75) is 0 Å². The molecular weight excluding hydrogens is 236 g/mol. The molecule has 6 heteroatoms. The summed E-state index contributed by atoms with van der Waals surface area (Å²) in [5.41, 5.74) is 3.16. The molecular formula is C11H8N4OS. The number of H-pyrrole nitrogens is 3. The highest BCUT2D eigenvalue weighted by Crippen LogP contribution is 2.19. The number of aromatic nitrogens is 4. The maximum atomic E-state index is 11.1. The first kappa shape index (κ1) is 9.98. The van der Waals surface area contributed by atoms with E-state index in [9.17, 15) is 4.79 Å². The predicted octanol–water partition coefficient (Wildman–Crippen LogP) is 1.98. The van der Waals surface area contributed by atoms with E-state index in [0.29, 0.717) is 4.77 Å². The smallest absolute Gasteiger partial charge is 0.323 e. The first-order valence-corrected chi connectivity index (χ1v) is 5.41. The molecule has 0 aliphatic carbocycles. The standard InChI is InChI=1S/C11H8N4OS/c16-10-13-8-2-1-6(5-9(8)14-10)7-3-4-12-11(17)15-7/h1-5H,(H,12,15,17)(H2,13,14,16). The second kappa shape index (κ2) is 3.67. The number of rotatable bonds is 1. The number of benzene rings is 1. The van der Waals surface area contributed by atoms with Gasteiger partial charge in [-0.15, -0.1) is 0 Å². The van der Waals surface area contributed by atoms with Gasteiger partial charge < -0.3 is 15.0 Å². The van der Waals surface area contributed by atoms with E-state index in [-0.39, 0.29) is 5.69 Å². The third-order valence-corrected chi connectivity index (χ3v) is 2.71. The van der Waals surface area contributed by atoms with Gasteiger partial charge in [0.2, 0.25) is 0 Å². The van der Waals surface area contributed by atoms with Gasteiger partial charge in [-0.25, -0.2) is 9.78 Å². The van der Waals surface area contributed by atoms with Gasteiger partial charge in [0.25, 0.3) is 0 Å². The highest BCUT2D eigenvalue weighted by Gasteiger charge is 2.02. The van der Waals surface area contributed by atoms with E-state index < -0.39 is 0 Å². The summed E-state index contributed by atoms with van der Waals surface area (Å²) < 4.78 is 0.435. The van der Waals surface area contributed by atoms with Crippen LogP contribution in [0.3, 0.4) is 0 Å². The van der Waals surface area contributed by atoms with Crippen molar-refractivity contribution >= 4 is 23.3 Å². The Morgan fingerprint density at radius 3 is 2.71 bits per heavy atom. The average Bonchev–Trinajstić information content (AvgIpc) is 2.68. The Balaban J connectivity index is 2.24. The summed E-state index contributed by atoms with van der Waals surface area (Å²) in [7, 11) is 0. The summed E-state index contributed by atoms with van der Waals surface area (Å²) in [6, 6.07) is 7.47. The van der Waals surface area contributed by atoms with Crippen LogP contribution in [0.5, 0.6) is 0 Å². The van der Waals surface area contributed by atoms with E-state index in [4.69, 9.17) is 12.2 Å². The van der Waals surface area contributed by atoms with Crippen LogP contribution in [0.1, 0.15) is 0 Å².